The Balaban J connectivity index is 1.84. The zero-order chi connectivity index (χ0) is 10.7. The molecule has 0 bridgehead atoms. The van der Waals surface area contributed by atoms with Crippen LogP contribution in [0.15, 0.2) is 0 Å². The number of likely N-dealkylation sites (tertiary alicyclic amines) is 1. The highest BCUT2D eigenvalue weighted by molar-refractivity contribution is 5.82. The van der Waals surface area contributed by atoms with Crippen LogP contribution in [0.2, 0.25) is 0 Å². The minimum Gasteiger partial charge on any atom is -0.378 e. The van der Waals surface area contributed by atoms with E-state index in [1.165, 1.54) is 0 Å². The number of piperidine rings is 1. The molecular formula is C11H20N2O2. The van der Waals surface area contributed by atoms with E-state index in [9.17, 15) is 4.79 Å². The van der Waals surface area contributed by atoms with Crippen LogP contribution in [0.1, 0.15) is 19.8 Å². The van der Waals surface area contributed by atoms with E-state index in [1.54, 1.807) is 0 Å². The fraction of sp³-hybridized carbons (Fsp3) is 0.909. The van der Waals surface area contributed by atoms with E-state index in [2.05, 4.69) is 12.2 Å². The molecule has 4 heteroatoms. The first-order valence-electron chi connectivity index (χ1n) is 5.87. The van der Waals surface area contributed by atoms with Crippen LogP contribution in [0.3, 0.4) is 0 Å². The second kappa shape index (κ2) is 4.94. The summed E-state index contributed by atoms with van der Waals surface area (Å²) < 4.78 is 5.31. The molecule has 0 unspecified atom stereocenters. The lowest BCUT2D eigenvalue weighted by molar-refractivity contribution is -0.137. The fourth-order valence-corrected chi connectivity index (χ4v) is 2.17. The van der Waals surface area contributed by atoms with Gasteiger partial charge in [-0.25, -0.2) is 0 Å². The molecule has 1 amide bonds. The van der Waals surface area contributed by atoms with Crippen molar-refractivity contribution >= 4 is 5.91 Å². The van der Waals surface area contributed by atoms with Crippen molar-refractivity contribution in [3.8, 4) is 0 Å². The van der Waals surface area contributed by atoms with Gasteiger partial charge in [-0.05, 0) is 18.8 Å². The Hall–Kier alpha value is -0.610. The molecule has 0 aliphatic carbocycles. The van der Waals surface area contributed by atoms with Gasteiger partial charge in [-0.2, -0.15) is 0 Å². The molecule has 0 aromatic carbocycles. The molecule has 86 valence electrons. The topological polar surface area (TPSA) is 41.6 Å². The fourth-order valence-electron chi connectivity index (χ4n) is 2.17. The van der Waals surface area contributed by atoms with Crippen molar-refractivity contribution < 1.29 is 9.53 Å². The number of hydrogen-bond acceptors (Lipinski definition) is 3. The average Bonchev–Trinajstić information content (AvgIpc) is 2.30. The quantitative estimate of drug-likeness (QED) is 0.676. The zero-order valence-corrected chi connectivity index (χ0v) is 9.37. The number of hydrogen-bond donors (Lipinski definition) is 1. The third-order valence-corrected chi connectivity index (χ3v) is 3.32. The second-order valence-corrected chi connectivity index (χ2v) is 4.59. The number of ether oxygens (including phenoxy) is 1. The first-order valence-corrected chi connectivity index (χ1v) is 5.87. The van der Waals surface area contributed by atoms with Crippen molar-refractivity contribution in [3.63, 3.8) is 0 Å². The lowest BCUT2D eigenvalue weighted by atomic mass is 9.98. The first-order chi connectivity index (χ1) is 7.27. The van der Waals surface area contributed by atoms with Crippen LogP contribution in [0.4, 0.5) is 0 Å². The number of nitrogens with one attached hydrogen (secondary N) is 1. The van der Waals surface area contributed by atoms with Gasteiger partial charge in [0.15, 0.2) is 0 Å². The summed E-state index contributed by atoms with van der Waals surface area (Å²) >= 11 is 0. The lowest BCUT2D eigenvalue weighted by Gasteiger charge is -2.34. The molecule has 0 aromatic rings. The molecule has 1 atom stereocenters. The summed E-state index contributed by atoms with van der Waals surface area (Å²) in [6, 6.07) is -0.104. The maximum Gasteiger partial charge on any atom is 0.242 e. The van der Waals surface area contributed by atoms with E-state index in [-0.39, 0.29) is 11.9 Å². The van der Waals surface area contributed by atoms with Crippen LogP contribution < -0.4 is 5.32 Å². The number of nitrogens with zero attached hydrogens (tertiary/aromatic N) is 1. The summed E-state index contributed by atoms with van der Waals surface area (Å²) in [6.07, 6.45) is 2.28. The van der Waals surface area contributed by atoms with Gasteiger partial charge in [0.1, 0.15) is 6.04 Å². The monoisotopic (exact) mass is 212 g/mol. The smallest absolute Gasteiger partial charge is 0.242 e. The van der Waals surface area contributed by atoms with E-state index in [4.69, 9.17) is 4.74 Å². The summed E-state index contributed by atoms with van der Waals surface area (Å²) in [7, 11) is 0. The van der Waals surface area contributed by atoms with Crippen LogP contribution in [0, 0.1) is 5.92 Å². The van der Waals surface area contributed by atoms with Gasteiger partial charge < -0.3 is 15.0 Å². The number of carbonyl (C=O) groups is 1. The largest absolute Gasteiger partial charge is 0.378 e. The Morgan fingerprint density at radius 3 is 2.73 bits per heavy atom. The molecule has 2 saturated heterocycles. The molecule has 4 nitrogen and oxygen atoms in total. The normalized spacial score (nSPS) is 29.1. The van der Waals surface area contributed by atoms with Crippen LogP contribution in [-0.2, 0) is 9.53 Å². The summed E-state index contributed by atoms with van der Waals surface area (Å²) in [4.78, 5) is 14.0. The minimum atomic E-state index is -0.104. The minimum absolute atomic E-state index is 0.104. The van der Waals surface area contributed by atoms with E-state index in [1.807, 2.05) is 4.90 Å². The summed E-state index contributed by atoms with van der Waals surface area (Å²) in [5, 5.41) is 3.21. The van der Waals surface area contributed by atoms with E-state index < -0.39 is 0 Å². The van der Waals surface area contributed by atoms with Gasteiger partial charge in [0.05, 0.1) is 13.2 Å². The van der Waals surface area contributed by atoms with Gasteiger partial charge in [-0.3, -0.25) is 4.79 Å². The molecule has 0 aromatic heterocycles. The lowest BCUT2D eigenvalue weighted by Crippen LogP contribution is -2.53. The molecule has 2 aliphatic rings. The van der Waals surface area contributed by atoms with Crippen molar-refractivity contribution in [1.82, 2.24) is 10.2 Å². The van der Waals surface area contributed by atoms with E-state index >= 15 is 0 Å². The van der Waals surface area contributed by atoms with Crippen molar-refractivity contribution in [2.45, 2.75) is 25.8 Å². The third kappa shape index (κ3) is 2.69. The maximum atomic E-state index is 12.0. The van der Waals surface area contributed by atoms with Gasteiger partial charge in [0, 0.05) is 19.6 Å². The Labute approximate surface area is 91.0 Å². The SMILES string of the molecule is CC1CCN(C(=O)[C@@H]2COCCN2)CC1. The van der Waals surface area contributed by atoms with Crippen LogP contribution in [0.5, 0.6) is 0 Å². The van der Waals surface area contributed by atoms with Crippen LogP contribution >= 0.6 is 0 Å². The van der Waals surface area contributed by atoms with Gasteiger partial charge in [0.25, 0.3) is 0 Å². The van der Waals surface area contributed by atoms with Crippen molar-refractivity contribution in [2.24, 2.45) is 5.92 Å². The molecular weight excluding hydrogens is 192 g/mol. The summed E-state index contributed by atoms with van der Waals surface area (Å²) in [6.45, 7) is 6.13. The van der Waals surface area contributed by atoms with Gasteiger partial charge in [0.2, 0.25) is 5.91 Å². The average molecular weight is 212 g/mol. The summed E-state index contributed by atoms with van der Waals surface area (Å²) in [5.74, 6) is 0.992. The zero-order valence-electron chi connectivity index (χ0n) is 9.37. The Bertz CT molecular complexity index is 219. The molecule has 15 heavy (non-hydrogen) atoms. The van der Waals surface area contributed by atoms with Crippen LogP contribution in [0.25, 0.3) is 0 Å². The molecule has 2 aliphatic heterocycles. The maximum absolute atomic E-state index is 12.0. The number of carbonyl (C=O) groups excluding carboxylic acids is 1. The predicted octanol–water partition coefficient (Wildman–Crippen LogP) is 0.233. The van der Waals surface area contributed by atoms with Crippen molar-refractivity contribution in [2.75, 3.05) is 32.8 Å². The van der Waals surface area contributed by atoms with Gasteiger partial charge in [-0.15, -0.1) is 0 Å². The molecule has 0 spiro atoms. The Kier molecular flexibility index (Phi) is 3.59. The second-order valence-electron chi connectivity index (χ2n) is 4.59. The molecule has 2 rings (SSSR count). The van der Waals surface area contributed by atoms with Gasteiger partial charge >= 0.3 is 0 Å². The van der Waals surface area contributed by atoms with Crippen LogP contribution in [-0.4, -0.2) is 49.7 Å². The number of morpholine rings is 1. The highest BCUT2D eigenvalue weighted by atomic mass is 16.5. The Morgan fingerprint density at radius 2 is 2.13 bits per heavy atom. The molecule has 0 radical (unpaired) electrons. The summed E-state index contributed by atoms with van der Waals surface area (Å²) in [5.41, 5.74) is 0. The van der Waals surface area contributed by atoms with Crippen molar-refractivity contribution in [1.29, 1.82) is 0 Å². The highest BCUT2D eigenvalue weighted by Gasteiger charge is 2.28. The number of rotatable bonds is 1. The molecule has 2 fully saturated rings. The number of amides is 1. The van der Waals surface area contributed by atoms with E-state index in [0.717, 1.165) is 45.0 Å². The highest BCUT2D eigenvalue weighted by Crippen LogP contribution is 2.16. The Morgan fingerprint density at radius 1 is 1.40 bits per heavy atom. The predicted molar refractivity (Wildman–Crippen MR) is 57.6 cm³/mol. The van der Waals surface area contributed by atoms with Gasteiger partial charge in [-0.1, -0.05) is 6.92 Å². The van der Waals surface area contributed by atoms with Crippen molar-refractivity contribution in [3.05, 3.63) is 0 Å². The third-order valence-electron chi connectivity index (χ3n) is 3.32. The molecule has 0 saturated carbocycles. The first kappa shape index (κ1) is 10.9. The molecule has 2 heterocycles. The standard InChI is InChI=1S/C11H20N2O2/c1-9-2-5-13(6-3-9)11(14)10-8-15-7-4-12-10/h9-10,12H,2-8H2,1H3/t10-/m0/s1. The molecule has 1 N–H and O–H groups in total. The van der Waals surface area contributed by atoms with E-state index in [0.29, 0.717) is 6.61 Å².